The largest absolute Gasteiger partial charge is 0.465 e. The first-order valence-electron chi connectivity index (χ1n) is 6.92. The minimum absolute atomic E-state index is 0.184. The molecule has 0 aliphatic carbocycles. The maximum Gasteiger partial charge on any atom is 0.339 e. The van der Waals surface area contributed by atoms with Crippen LogP contribution in [-0.2, 0) is 16.0 Å². The summed E-state index contributed by atoms with van der Waals surface area (Å²) in [5, 5.41) is 6.59. The number of hydrogen-bond acceptors (Lipinski definition) is 5. The van der Waals surface area contributed by atoms with Crippen molar-refractivity contribution in [3.8, 4) is 0 Å². The number of aromatic nitrogens is 1. The van der Waals surface area contributed by atoms with E-state index in [2.05, 4.69) is 10.5 Å². The quantitative estimate of drug-likeness (QED) is 0.859. The summed E-state index contributed by atoms with van der Waals surface area (Å²) in [7, 11) is 1.30. The molecule has 0 atom stereocenters. The fourth-order valence-corrected chi connectivity index (χ4v) is 2.19. The Labute approximate surface area is 128 Å². The van der Waals surface area contributed by atoms with E-state index in [1.54, 1.807) is 24.3 Å². The molecule has 1 amide bonds. The average Bonchev–Trinajstić information content (AvgIpc) is 2.83. The average molecular weight is 302 g/mol. The number of nitrogens with zero attached hydrogens (tertiary/aromatic N) is 1. The zero-order valence-electron chi connectivity index (χ0n) is 12.8. The van der Waals surface area contributed by atoms with E-state index >= 15 is 0 Å². The molecule has 0 saturated carbocycles. The normalized spacial score (nSPS) is 10.3. The molecule has 2 rings (SSSR count). The number of rotatable bonds is 5. The van der Waals surface area contributed by atoms with E-state index in [9.17, 15) is 9.59 Å². The van der Waals surface area contributed by atoms with Crippen LogP contribution in [0.1, 0.15) is 33.8 Å². The maximum atomic E-state index is 12.1. The van der Waals surface area contributed by atoms with Crippen LogP contribution >= 0.6 is 0 Å². The van der Waals surface area contributed by atoms with Gasteiger partial charge >= 0.3 is 5.97 Å². The molecule has 0 aliphatic heterocycles. The summed E-state index contributed by atoms with van der Waals surface area (Å²) in [6.45, 7) is 3.66. The summed E-state index contributed by atoms with van der Waals surface area (Å²) in [5.74, 6) is 0.0539. The van der Waals surface area contributed by atoms with Crippen LogP contribution in [0, 0.1) is 13.8 Å². The van der Waals surface area contributed by atoms with Crippen molar-refractivity contribution < 1.29 is 18.8 Å². The van der Waals surface area contributed by atoms with Crippen molar-refractivity contribution in [2.75, 3.05) is 12.4 Å². The van der Waals surface area contributed by atoms with Gasteiger partial charge in [-0.3, -0.25) is 4.79 Å². The SMILES string of the molecule is COC(=O)c1ccccc1NC(=O)CCc1c(C)noc1C. The molecule has 1 heterocycles. The lowest BCUT2D eigenvalue weighted by Crippen LogP contribution is -2.15. The van der Waals surface area contributed by atoms with E-state index in [4.69, 9.17) is 9.26 Å². The van der Waals surface area contributed by atoms with Crippen LogP contribution in [-0.4, -0.2) is 24.1 Å². The van der Waals surface area contributed by atoms with Gasteiger partial charge in [0.05, 0.1) is 24.1 Å². The van der Waals surface area contributed by atoms with E-state index < -0.39 is 5.97 Å². The highest BCUT2D eigenvalue weighted by Crippen LogP contribution is 2.18. The van der Waals surface area contributed by atoms with Crippen molar-refractivity contribution in [3.05, 3.63) is 46.8 Å². The number of ether oxygens (including phenoxy) is 1. The van der Waals surface area contributed by atoms with Crippen LogP contribution in [0.5, 0.6) is 0 Å². The van der Waals surface area contributed by atoms with Crippen LogP contribution in [0.25, 0.3) is 0 Å². The summed E-state index contributed by atoms with van der Waals surface area (Å²) in [5.41, 5.74) is 2.51. The Kier molecular flexibility index (Phi) is 4.93. The number of benzene rings is 1. The number of nitrogens with one attached hydrogen (secondary N) is 1. The van der Waals surface area contributed by atoms with Gasteiger partial charge in [0.1, 0.15) is 5.76 Å². The topological polar surface area (TPSA) is 81.4 Å². The van der Waals surface area contributed by atoms with Gasteiger partial charge < -0.3 is 14.6 Å². The molecule has 6 heteroatoms. The van der Waals surface area contributed by atoms with Crippen LogP contribution < -0.4 is 5.32 Å². The van der Waals surface area contributed by atoms with Crippen molar-refractivity contribution in [2.24, 2.45) is 0 Å². The zero-order valence-corrected chi connectivity index (χ0v) is 12.8. The smallest absolute Gasteiger partial charge is 0.339 e. The molecule has 0 saturated heterocycles. The van der Waals surface area contributed by atoms with Crippen molar-refractivity contribution in [1.29, 1.82) is 0 Å². The standard InChI is InChI=1S/C16H18N2O4/c1-10-12(11(2)22-18-10)8-9-15(19)17-14-7-5-4-6-13(14)16(20)21-3/h4-7H,8-9H2,1-3H3,(H,17,19). The van der Waals surface area contributed by atoms with Crippen LogP contribution in [0.15, 0.2) is 28.8 Å². The summed E-state index contributed by atoms with van der Waals surface area (Å²) >= 11 is 0. The first-order chi connectivity index (χ1) is 10.5. The Morgan fingerprint density at radius 3 is 2.64 bits per heavy atom. The lowest BCUT2D eigenvalue weighted by Gasteiger charge is -2.09. The van der Waals surface area contributed by atoms with Crippen molar-refractivity contribution in [1.82, 2.24) is 5.16 Å². The second kappa shape index (κ2) is 6.89. The number of anilines is 1. The lowest BCUT2D eigenvalue weighted by atomic mass is 10.1. The highest BCUT2D eigenvalue weighted by molar-refractivity contribution is 6.01. The van der Waals surface area contributed by atoms with Crippen LogP contribution in [0.2, 0.25) is 0 Å². The van der Waals surface area contributed by atoms with Gasteiger partial charge in [0, 0.05) is 12.0 Å². The Morgan fingerprint density at radius 2 is 2.00 bits per heavy atom. The molecule has 2 aromatic rings. The molecule has 116 valence electrons. The predicted molar refractivity (Wildman–Crippen MR) is 80.7 cm³/mol. The highest BCUT2D eigenvalue weighted by atomic mass is 16.5. The molecule has 0 bridgehead atoms. The number of carbonyl (C=O) groups is 2. The molecule has 1 aromatic heterocycles. The highest BCUT2D eigenvalue weighted by Gasteiger charge is 2.15. The van der Waals surface area contributed by atoms with E-state index in [1.165, 1.54) is 7.11 Å². The first-order valence-corrected chi connectivity index (χ1v) is 6.92. The number of aryl methyl sites for hydroxylation is 2. The van der Waals surface area contributed by atoms with Gasteiger partial charge in [-0.1, -0.05) is 17.3 Å². The van der Waals surface area contributed by atoms with Gasteiger partial charge in [-0.15, -0.1) is 0 Å². The monoisotopic (exact) mass is 302 g/mol. The third-order valence-electron chi connectivity index (χ3n) is 3.39. The minimum atomic E-state index is -0.485. The lowest BCUT2D eigenvalue weighted by molar-refractivity contribution is -0.116. The maximum absolute atomic E-state index is 12.1. The van der Waals surface area contributed by atoms with Gasteiger partial charge in [-0.05, 0) is 32.4 Å². The summed E-state index contributed by atoms with van der Waals surface area (Å²) in [6.07, 6.45) is 0.811. The number of hydrogen-bond donors (Lipinski definition) is 1. The number of carbonyl (C=O) groups excluding carboxylic acids is 2. The van der Waals surface area contributed by atoms with Crippen LogP contribution in [0.4, 0.5) is 5.69 Å². The number of methoxy groups -OCH3 is 1. The van der Waals surface area contributed by atoms with Gasteiger partial charge in [0.15, 0.2) is 0 Å². The molecule has 0 spiro atoms. The number of esters is 1. The molecule has 0 fully saturated rings. The third kappa shape index (κ3) is 3.52. The second-order valence-corrected chi connectivity index (χ2v) is 4.89. The molecule has 1 aromatic carbocycles. The molecule has 0 aliphatic rings. The van der Waals surface area contributed by atoms with E-state index in [0.717, 1.165) is 17.0 Å². The van der Waals surface area contributed by atoms with E-state index in [-0.39, 0.29) is 12.3 Å². The Bertz CT molecular complexity index is 672. The summed E-state index contributed by atoms with van der Waals surface area (Å²) in [4.78, 5) is 23.7. The Balaban J connectivity index is 2.02. The van der Waals surface area contributed by atoms with Crippen molar-refractivity contribution in [3.63, 3.8) is 0 Å². The number of amides is 1. The molecule has 1 N–H and O–H groups in total. The first kappa shape index (κ1) is 15.8. The summed E-state index contributed by atoms with van der Waals surface area (Å²) < 4.78 is 9.77. The molecular formula is C16H18N2O4. The summed E-state index contributed by atoms with van der Waals surface area (Å²) in [6, 6.07) is 6.73. The second-order valence-electron chi connectivity index (χ2n) is 4.89. The molecule has 0 unspecified atom stereocenters. The van der Waals surface area contributed by atoms with E-state index in [0.29, 0.717) is 17.7 Å². The minimum Gasteiger partial charge on any atom is -0.465 e. The number of para-hydroxylation sites is 1. The van der Waals surface area contributed by atoms with Gasteiger partial charge in [0.25, 0.3) is 0 Å². The van der Waals surface area contributed by atoms with Gasteiger partial charge in [-0.25, -0.2) is 4.79 Å². The third-order valence-corrected chi connectivity index (χ3v) is 3.39. The zero-order chi connectivity index (χ0) is 16.1. The Hall–Kier alpha value is -2.63. The van der Waals surface area contributed by atoms with Gasteiger partial charge in [-0.2, -0.15) is 0 Å². The molecule has 22 heavy (non-hydrogen) atoms. The van der Waals surface area contributed by atoms with Crippen molar-refractivity contribution >= 4 is 17.6 Å². The van der Waals surface area contributed by atoms with E-state index in [1.807, 2.05) is 13.8 Å². The predicted octanol–water partition coefficient (Wildman–Crippen LogP) is 2.65. The molecule has 0 radical (unpaired) electrons. The van der Waals surface area contributed by atoms with Crippen LogP contribution in [0.3, 0.4) is 0 Å². The molecular weight excluding hydrogens is 284 g/mol. The Morgan fingerprint density at radius 1 is 1.27 bits per heavy atom. The fourth-order valence-electron chi connectivity index (χ4n) is 2.19. The molecule has 6 nitrogen and oxygen atoms in total. The van der Waals surface area contributed by atoms with Gasteiger partial charge in [0.2, 0.25) is 5.91 Å². The van der Waals surface area contributed by atoms with Crippen molar-refractivity contribution in [2.45, 2.75) is 26.7 Å². The fraction of sp³-hybridized carbons (Fsp3) is 0.312.